The van der Waals surface area contributed by atoms with Gasteiger partial charge in [0.2, 0.25) is 0 Å². The molecule has 0 bridgehead atoms. The number of carbonyl (C=O) groups excluding carboxylic acids is 1. The summed E-state index contributed by atoms with van der Waals surface area (Å²) in [5, 5.41) is 4.26. The van der Waals surface area contributed by atoms with E-state index in [1.165, 1.54) is 24.1 Å². The van der Waals surface area contributed by atoms with Crippen LogP contribution in [0.1, 0.15) is 41.8 Å². The van der Waals surface area contributed by atoms with Crippen LogP contribution in [0.25, 0.3) is 10.8 Å². The van der Waals surface area contributed by atoms with Crippen molar-refractivity contribution in [2.45, 2.75) is 39.5 Å². The average Bonchev–Trinajstić information content (AvgIpc) is 2.71. The molecule has 1 amide bonds. The van der Waals surface area contributed by atoms with Crippen LogP contribution >= 0.6 is 0 Å². The van der Waals surface area contributed by atoms with Gasteiger partial charge in [-0.2, -0.15) is 13.2 Å². The maximum Gasteiger partial charge on any atom is 0.421 e. The van der Waals surface area contributed by atoms with Crippen LogP contribution in [0.4, 0.5) is 23.2 Å². The van der Waals surface area contributed by atoms with Crippen LogP contribution in [0.3, 0.4) is 0 Å². The Labute approximate surface area is 177 Å². The Morgan fingerprint density at radius 2 is 1.87 bits per heavy atom. The molecule has 4 nitrogen and oxygen atoms in total. The molecule has 3 rings (SSSR count). The van der Waals surface area contributed by atoms with Gasteiger partial charge in [0, 0.05) is 24.3 Å². The summed E-state index contributed by atoms with van der Waals surface area (Å²) in [6.07, 6.45) is -2.28. The minimum Gasteiger partial charge on any atom is -0.351 e. The van der Waals surface area contributed by atoms with Crippen molar-refractivity contribution in [1.29, 1.82) is 0 Å². The van der Waals surface area contributed by atoms with Crippen LogP contribution in [0.2, 0.25) is 0 Å². The largest absolute Gasteiger partial charge is 0.421 e. The van der Waals surface area contributed by atoms with E-state index < -0.39 is 29.6 Å². The first-order chi connectivity index (χ1) is 14.7. The van der Waals surface area contributed by atoms with Gasteiger partial charge < -0.3 is 10.2 Å². The fraction of sp³-hybridized carbons (Fsp3) is 0.304. The summed E-state index contributed by atoms with van der Waals surface area (Å²) in [5.41, 5.74) is -0.951. The lowest BCUT2D eigenvalue weighted by Crippen LogP contribution is -2.48. The predicted molar refractivity (Wildman–Crippen MR) is 112 cm³/mol. The molecule has 0 radical (unpaired) electrons. The first-order valence-electron chi connectivity index (χ1n) is 9.95. The number of hydrogen-bond acceptors (Lipinski definition) is 3. The molecule has 1 aromatic heterocycles. The molecule has 8 heteroatoms. The Hall–Kier alpha value is -3.16. The van der Waals surface area contributed by atoms with E-state index in [9.17, 15) is 22.4 Å². The Morgan fingerprint density at radius 3 is 2.52 bits per heavy atom. The molecule has 0 aliphatic heterocycles. The van der Waals surface area contributed by atoms with E-state index in [4.69, 9.17) is 0 Å². The number of carbonyl (C=O) groups is 1. The van der Waals surface area contributed by atoms with E-state index in [1.54, 1.807) is 32.2 Å². The zero-order chi connectivity index (χ0) is 22.8. The van der Waals surface area contributed by atoms with Gasteiger partial charge in [0.05, 0.1) is 11.3 Å². The fourth-order valence-corrected chi connectivity index (χ4v) is 3.72. The zero-order valence-corrected chi connectivity index (χ0v) is 17.4. The molecule has 0 aliphatic rings. The van der Waals surface area contributed by atoms with Gasteiger partial charge in [-0.15, -0.1) is 0 Å². The van der Waals surface area contributed by atoms with Crippen LogP contribution in [0.5, 0.6) is 0 Å². The van der Waals surface area contributed by atoms with E-state index >= 15 is 0 Å². The van der Waals surface area contributed by atoms with Crippen LogP contribution in [0, 0.1) is 12.7 Å². The van der Waals surface area contributed by atoms with Crippen LogP contribution < -0.4 is 10.2 Å². The zero-order valence-electron chi connectivity index (χ0n) is 17.4. The van der Waals surface area contributed by atoms with Crippen LogP contribution in [-0.2, 0) is 6.18 Å². The summed E-state index contributed by atoms with van der Waals surface area (Å²) in [5.74, 6) is -1.79. The Bertz CT molecular complexity index is 1090. The van der Waals surface area contributed by atoms with Gasteiger partial charge in [0.25, 0.3) is 5.91 Å². The van der Waals surface area contributed by atoms with Crippen molar-refractivity contribution < 1.29 is 22.4 Å². The summed E-state index contributed by atoms with van der Waals surface area (Å²) >= 11 is 0. The number of pyridine rings is 1. The lowest BCUT2D eigenvalue weighted by Gasteiger charge is -2.35. The highest BCUT2D eigenvalue weighted by Gasteiger charge is 2.39. The lowest BCUT2D eigenvalue weighted by molar-refractivity contribution is -0.139. The number of aryl methyl sites for hydroxylation is 1. The predicted octanol–water partition coefficient (Wildman–Crippen LogP) is 5.69. The molecule has 0 spiro atoms. The second-order valence-corrected chi connectivity index (χ2v) is 7.23. The smallest absolute Gasteiger partial charge is 0.351 e. The minimum atomic E-state index is -4.87. The number of anilines is 1. The van der Waals surface area contributed by atoms with Crippen molar-refractivity contribution in [3.8, 4) is 0 Å². The minimum absolute atomic E-state index is 0.137. The number of aromatic nitrogens is 1. The number of nitrogens with zero attached hydrogens (tertiary/aromatic N) is 2. The number of alkyl halides is 3. The Kier molecular flexibility index (Phi) is 6.48. The standard InChI is InChI=1S/C23H23F4N3O/c1-4-20(29-22(31)17-13-28-12-15-8-6-7-9-16(15)17)30(5-2)19-11-14(3)10-18(24)21(19)23(25,26)27/h6-13,20H,4-5H2,1-3H3,(H,29,31). The number of hydrogen-bond donors (Lipinski definition) is 1. The van der Waals surface area contributed by atoms with Crippen molar-refractivity contribution in [2.24, 2.45) is 0 Å². The van der Waals surface area contributed by atoms with E-state index in [2.05, 4.69) is 10.3 Å². The number of nitrogens with one attached hydrogen (secondary N) is 1. The summed E-state index contributed by atoms with van der Waals surface area (Å²) in [4.78, 5) is 18.5. The molecule has 0 fully saturated rings. The quantitative estimate of drug-likeness (QED) is 0.401. The van der Waals surface area contributed by atoms with Crippen LogP contribution in [-0.4, -0.2) is 23.6 Å². The van der Waals surface area contributed by atoms with Gasteiger partial charge in [-0.05, 0) is 43.4 Å². The topological polar surface area (TPSA) is 45.2 Å². The lowest BCUT2D eigenvalue weighted by atomic mass is 10.1. The molecule has 0 saturated heterocycles. The molecule has 0 saturated carbocycles. The van der Waals surface area contributed by atoms with E-state index in [0.717, 1.165) is 11.5 Å². The highest BCUT2D eigenvalue weighted by atomic mass is 19.4. The molecule has 1 atom stereocenters. The fourth-order valence-electron chi connectivity index (χ4n) is 3.72. The molecule has 1 unspecified atom stereocenters. The highest BCUT2D eigenvalue weighted by molar-refractivity contribution is 6.06. The first kappa shape index (κ1) is 22.5. The third-order valence-electron chi connectivity index (χ3n) is 5.12. The number of fused-ring (bicyclic) bond motifs is 1. The molecule has 31 heavy (non-hydrogen) atoms. The number of halogens is 4. The van der Waals surface area contributed by atoms with Crippen molar-refractivity contribution in [3.05, 3.63) is 71.3 Å². The van der Waals surface area contributed by atoms with Crippen molar-refractivity contribution in [1.82, 2.24) is 10.3 Å². The maximum atomic E-state index is 14.3. The van der Waals surface area contributed by atoms with Crippen molar-refractivity contribution >= 4 is 22.4 Å². The summed E-state index contributed by atoms with van der Waals surface area (Å²) in [7, 11) is 0. The second-order valence-electron chi connectivity index (χ2n) is 7.23. The van der Waals surface area contributed by atoms with Gasteiger partial charge in [-0.3, -0.25) is 9.78 Å². The van der Waals surface area contributed by atoms with Crippen molar-refractivity contribution in [2.75, 3.05) is 11.4 Å². The molecule has 1 N–H and O–H groups in total. The van der Waals surface area contributed by atoms with Crippen molar-refractivity contribution in [3.63, 3.8) is 0 Å². The molecule has 2 aromatic carbocycles. The molecule has 0 aliphatic carbocycles. The van der Waals surface area contributed by atoms with E-state index in [0.29, 0.717) is 22.9 Å². The van der Waals surface area contributed by atoms with Gasteiger partial charge in [-0.25, -0.2) is 4.39 Å². The summed E-state index contributed by atoms with van der Waals surface area (Å²) in [6.45, 7) is 5.07. The SMILES string of the molecule is CCC(NC(=O)c1cncc2ccccc12)N(CC)c1cc(C)cc(F)c1C(F)(F)F. The number of benzene rings is 2. The molecule has 3 aromatic rings. The van der Waals surface area contributed by atoms with E-state index in [1.807, 2.05) is 12.1 Å². The summed E-state index contributed by atoms with van der Waals surface area (Å²) in [6, 6.07) is 9.37. The van der Waals surface area contributed by atoms with Gasteiger partial charge in [-0.1, -0.05) is 31.2 Å². The number of amides is 1. The van der Waals surface area contributed by atoms with Gasteiger partial charge >= 0.3 is 6.18 Å². The maximum absolute atomic E-state index is 14.3. The molecule has 164 valence electrons. The Balaban J connectivity index is 2.01. The second kappa shape index (κ2) is 8.91. The third-order valence-corrected chi connectivity index (χ3v) is 5.12. The monoisotopic (exact) mass is 433 g/mol. The van der Waals surface area contributed by atoms with Crippen LogP contribution in [0.15, 0.2) is 48.8 Å². The molecule has 1 heterocycles. The third kappa shape index (κ3) is 4.62. The van der Waals surface area contributed by atoms with E-state index in [-0.39, 0.29) is 12.2 Å². The Morgan fingerprint density at radius 1 is 1.16 bits per heavy atom. The van der Waals surface area contributed by atoms with Gasteiger partial charge in [0.1, 0.15) is 17.5 Å². The average molecular weight is 433 g/mol. The molecular weight excluding hydrogens is 410 g/mol. The first-order valence-corrected chi connectivity index (χ1v) is 9.95. The highest BCUT2D eigenvalue weighted by Crippen LogP contribution is 2.40. The summed E-state index contributed by atoms with van der Waals surface area (Å²) < 4.78 is 55.3. The normalized spacial score (nSPS) is 12.6. The van der Waals surface area contributed by atoms with Gasteiger partial charge in [0.15, 0.2) is 0 Å². The number of rotatable bonds is 6. The molecular formula is C23H23F4N3O.